The molecule has 0 aromatic rings. The highest BCUT2D eigenvalue weighted by molar-refractivity contribution is 6.08. The van der Waals surface area contributed by atoms with Crippen molar-refractivity contribution in [3.05, 3.63) is 59.0 Å². The maximum atomic E-state index is 13.8. The first kappa shape index (κ1) is 21.9. The Morgan fingerprint density at radius 1 is 1.46 bits per heavy atom. The number of rotatable bonds is 9. The Balaban J connectivity index is 2.80. The maximum Gasteiger partial charge on any atom is 0.105 e. The number of allylic oxidation sites excluding steroid dienone is 6. The summed E-state index contributed by atoms with van der Waals surface area (Å²) in [5, 5.41) is 11.4. The summed E-state index contributed by atoms with van der Waals surface area (Å²) < 4.78 is 13.8. The molecule has 0 fully saturated rings. The predicted octanol–water partition coefficient (Wildman–Crippen LogP) is 5.31. The molecule has 1 aliphatic heterocycles. The third-order valence-corrected chi connectivity index (χ3v) is 4.49. The van der Waals surface area contributed by atoms with Crippen LogP contribution in [0.25, 0.3) is 0 Å². The Hall–Kier alpha value is -2.10. The van der Waals surface area contributed by atoms with Crippen LogP contribution in [0, 0.1) is 5.41 Å². The van der Waals surface area contributed by atoms with Gasteiger partial charge in [0.05, 0.1) is 12.3 Å². The molecular formula is C22H34FN3. The van der Waals surface area contributed by atoms with Gasteiger partial charge in [0.25, 0.3) is 0 Å². The fourth-order valence-corrected chi connectivity index (χ4v) is 2.83. The molecule has 1 heterocycles. The van der Waals surface area contributed by atoms with Crippen LogP contribution in [0.2, 0.25) is 0 Å². The van der Waals surface area contributed by atoms with Gasteiger partial charge in [0.2, 0.25) is 0 Å². The average Bonchev–Trinajstić information content (AvgIpc) is 2.51. The minimum Gasteiger partial charge on any atom is -0.385 e. The van der Waals surface area contributed by atoms with E-state index in [1.165, 1.54) is 16.8 Å². The van der Waals surface area contributed by atoms with Crippen molar-refractivity contribution >= 4 is 5.71 Å². The van der Waals surface area contributed by atoms with Crippen molar-refractivity contribution < 1.29 is 4.39 Å². The summed E-state index contributed by atoms with van der Waals surface area (Å²) in [6, 6.07) is 0. The molecule has 0 unspecified atom stereocenters. The van der Waals surface area contributed by atoms with Crippen molar-refractivity contribution in [1.82, 2.24) is 10.2 Å². The first-order valence-corrected chi connectivity index (χ1v) is 9.15. The smallest absolute Gasteiger partial charge is 0.105 e. The minimum atomic E-state index is -1.13. The van der Waals surface area contributed by atoms with Crippen LogP contribution in [0.4, 0.5) is 4.39 Å². The van der Waals surface area contributed by atoms with Crippen LogP contribution in [0.1, 0.15) is 47.5 Å². The zero-order valence-corrected chi connectivity index (χ0v) is 17.2. The lowest BCUT2D eigenvalue weighted by atomic mass is 9.94. The molecule has 0 atom stereocenters. The van der Waals surface area contributed by atoms with Gasteiger partial charge in [-0.1, -0.05) is 12.7 Å². The van der Waals surface area contributed by atoms with Gasteiger partial charge in [-0.25, -0.2) is 4.39 Å². The van der Waals surface area contributed by atoms with Crippen LogP contribution >= 0.6 is 0 Å². The molecule has 0 aliphatic carbocycles. The van der Waals surface area contributed by atoms with Crippen LogP contribution < -0.4 is 5.32 Å². The summed E-state index contributed by atoms with van der Waals surface area (Å²) in [6.45, 7) is 14.6. The zero-order valence-electron chi connectivity index (χ0n) is 17.2. The standard InChI is InChI=1S/C22H34FN3/c1-8-9-21(24)20(16(2)3)14-25-13-19-12-17(4)18(15-26(19)7)10-11-22(5,6)23/h8-9,12,14,24-25H,2,10-11,13,15H2,1,3-7H3/b9-8-,20-14-,24-21?. The highest BCUT2D eigenvalue weighted by atomic mass is 19.1. The molecule has 0 radical (unpaired) electrons. The van der Waals surface area contributed by atoms with E-state index in [0.29, 0.717) is 18.7 Å². The number of halogens is 1. The molecule has 0 aromatic carbocycles. The molecule has 0 bridgehead atoms. The Bertz CT molecular complexity index is 657. The van der Waals surface area contributed by atoms with Gasteiger partial charge >= 0.3 is 0 Å². The monoisotopic (exact) mass is 359 g/mol. The third kappa shape index (κ3) is 7.03. The summed E-state index contributed by atoms with van der Waals surface area (Å²) >= 11 is 0. The van der Waals surface area contributed by atoms with E-state index in [1.807, 2.05) is 26.1 Å². The van der Waals surface area contributed by atoms with Crippen LogP contribution in [-0.2, 0) is 0 Å². The molecule has 2 N–H and O–H groups in total. The number of alkyl halides is 1. The highest BCUT2D eigenvalue weighted by Gasteiger charge is 2.20. The molecule has 0 amide bonds. The van der Waals surface area contributed by atoms with Gasteiger partial charge in [-0.05, 0) is 76.3 Å². The number of nitrogens with zero attached hydrogens (tertiary/aromatic N) is 1. The minimum absolute atomic E-state index is 0.450. The first-order valence-electron chi connectivity index (χ1n) is 9.15. The molecule has 144 valence electrons. The lowest BCUT2D eigenvalue weighted by Crippen LogP contribution is -2.30. The molecule has 3 nitrogen and oxygen atoms in total. The predicted molar refractivity (Wildman–Crippen MR) is 111 cm³/mol. The molecular weight excluding hydrogens is 325 g/mol. The van der Waals surface area contributed by atoms with E-state index in [0.717, 1.165) is 24.1 Å². The van der Waals surface area contributed by atoms with Gasteiger partial charge in [-0.2, -0.15) is 0 Å². The van der Waals surface area contributed by atoms with Gasteiger partial charge in [-0.3, -0.25) is 0 Å². The fourth-order valence-electron chi connectivity index (χ4n) is 2.83. The SMILES string of the molecule is C=C(C)/C(=C/NCC1=CC(C)=C(CCC(C)(C)F)CN1C)C(=N)/C=C\C. The largest absolute Gasteiger partial charge is 0.385 e. The van der Waals surface area contributed by atoms with Crippen LogP contribution in [-0.4, -0.2) is 36.4 Å². The molecule has 0 saturated heterocycles. The Morgan fingerprint density at radius 2 is 2.12 bits per heavy atom. The normalized spacial score (nSPS) is 16.2. The van der Waals surface area contributed by atoms with E-state index in [4.69, 9.17) is 5.41 Å². The summed E-state index contributed by atoms with van der Waals surface area (Å²) in [7, 11) is 2.06. The summed E-state index contributed by atoms with van der Waals surface area (Å²) in [4.78, 5) is 2.20. The first-order chi connectivity index (χ1) is 12.0. The summed E-state index contributed by atoms with van der Waals surface area (Å²) in [6.07, 6.45) is 8.98. The van der Waals surface area contributed by atoms with Crippen LogP contribution in [0.3, 0.4) is 0 Å². The molecule has 0 aromatic heterocycles. The lowest BCUT2D eigenvalue weighted by Gasteiger charge is -2.30. The zero-order chi connectivity index (χ0) is 19.9. The summed E-state index contributed by atoms with van der Waals surface area (Å²) in [5.74, 6) is 0. The van der Waals surface area contributed by atoms with Crippen molar-refractivity contribution in [2.75, 3.05) is 20.1 Å². The van der Waals surface area contributed by atoms with Crippen LogP contribution in [0.15, 0.2) is 59.0 Å². The van der Waals surface area contributed by atoms with E-state index < -0.39 is 5.67 Å². The topological polar surface area (TPSA) is 39.1 Å². The fraction of sp³-hybridized carbons (Fsp3) is 0.500. The van der Waals surface area contributed by atoms with E-state index in [2.05, 4.69) is 36.8 Å². The molecule has 0 spiro atoms. The van der Waals surface area contributed by atoms with Gasteiger partial charge < -0.3 is 15.6 Å². The Morgan fingerprint density at radius 3 is 2.65 bits per heavy atom. The second-order valence-electron chi connectivity index (χ2n) is 7.63. The van der Waals surface area contributed by atoms with Gasteiger partial charge in [0.1, 0.15) is 5.67 Å². The average molecular weight is 360 g/mol. The van der Waals surface area contributed by atoms with Gasteiger partial charge in [-0.15, -0.1) is 0 Å². The number of nitrogens with one attached hydrogen (secondary N) is 2. The maximum absolute atomic E-state index is 13.8. The van der Waals surface area contributed by atoms with E-state index in [9.17, 15) is 4.39 Å². The van der Waals surface area contributed by atoms with Crippen molar-refractivity contribution in [3.8, 4) is 0 Å². The van der Waals surface area contributed by atoms with Crippen LogP contribution in [0.5, 0.6) is 0 Å². The lowest BCUT2D eigenvalue weighted by molar-refractivity contribution is 0.200. The molecule has 4 heteroatoms. The van der Waals surface area contributed by atoms with Gasteiger partial charge in [0.15, 0.2) is 0 Å². The molecule has 26 heavy (non-hydrogen) atoms. The summed E-state index contributed by atoms with van der Waals surface area (Å²) in [5.41, 5.74) is 4.70. The Kier molecular flexibility index (Phi) is 8.07. The quantitative estimate of drug-likeness (QED) is 0.433. The van der Waals surface area contributed by atoms with Crippen molar-refractivity contribution in [2.24, 2.45) is 0 Å². The van der Waals surface area contributed by atoms with Gasteiger partial charge in [0, 0.05) is 31.1 Å². The van der Waals surface area contributed by atoms with E-state index >= 15 is 0 Å². The third-order valence-electron chi connectivity index (χ3n) is 4.49. The second kappa shape index (κ2) is 9.56. The number of hydrogen-bond acceptors (Lipinski definition) is 3. The molecule has 0 saturated carbocycles. The highest BCUT2D eigenvalue weighted by Crippen LogP contribution is 2.26. The Labute approximate surface area is 158 Å². The number of likely N-dealkylation sites (N-methyl/N-ethyl adjacent to an activating group) is 1. The van der Waals surface area contributed by atoms with E-state index in [-0.39, 0.29) is 0 Å². The number of hydrogen-bond donors (Lipinski definition) is 2. The van der Waals surface area contributed by atoms with Crippen molar-refractivity contribution in [2.45, 2.75) is 53.1 Å². The molecule has 1 aliphatic rings. The van der Waals surface area contributed by atoms with Crippen molar-refractivity contribution in [3.63, 3.8) is 0 Å². The second-order valence-corrected chi connectivity index (χ2v) is 7.63. The van der Waals surface area contributed by atoms with Crippen molar-refractivity contribution in [1.29, 1.82) is 5.41 Å². The molecule has 1 rings (SSSR count). The van der Waals surface area contributed by atoms with E-state index in [1.54, 1.807) is 19.9 Å².